The third-order valence-corrected chi connectivity index (χ3v) is 2.81. The van der Waals surface area contributed by atoms with Gasteiger partial charge in [0.05, 0.1) is 12.3 Å². The van der Waals surface area contributed by atoms with Gasteiger partial charge in [-0.25, -0.2) is 0 Å². The topological polar surface area (TPSA) is 38.5 Å². The van der Waals surface area contributed by atoms with Gasteiger partial charge in [-0.3, -0.25) is 0 Å². The summed E-state index contributed by atoms with van der Waals surface area (Å²) in [7, 11) is 4.20. The van der Waals surface area contributed by atoms with Crippen LogP contribution in [0.4, 0.5) is 5.69 Å². The van der Waals surface area contributed by atoms with Crippen LogP contribution in [0.1, 0.15) is 17.9 Å². The second-order valence-corrected chi connectivity index (χ2v) is 4.36. The minimum Gasteiger partial charge on any atom is -0.491 e. The van der Waals surface area contributed by atoms with Crippen molar-refractivity contribution in [3.8, 4) is 5.75 Å². The maximum absolute atomic E-state index is 5.90. The van der Waals surface area contributed by atoms with E-state index >= 15 is 0 Å². The number of rotatable bonds is 2. The van der Waals surface area contributed by atoms with Crippen LogP contribution in [-0.4, -0.2) is 32.1 Å². The van der Waals surface area contributed by atoms with Gasteiger partial charge in [0.25, 0.3) is 0 Å². The SMILES string of the molecule is CN(C)CC1CCOc2c(N)cccc21. The molecular weight excluding hydrogens is 188 g/mol. The molecule has 1 heterocycles. The van der Waals surface area contributed by atoms with Crippen molar-refractivity contribution in [1.82, 2.24) is 4.90 Å². The molecule has 1 aliphatic heterocycles. The largest absolute Gasteiger partial charge is 0.491 e. The number of para-hydroxylation sites is 1. The highest BCUT2D eigenvalue weighted by atomic mass is 16.5. The molecule has 0 aliphatic carbocycles. The fraction of sp³-hybridized carbons (Fsp3) is 0.500. The number of ether oxygens (including phenoxy) is 1. The molecule has 0 aromatic heterocycles. The zero-order valence-corrected chi connectivity index (χ0v) is 9.36. The Bertz CT molecular complexity index is 349. The molecule has 2 N–H and O–H groups in total. The maximum atomic E-state index is 5.90. The van der Waals surface area contributed by atoms with Gasteiger partial charge in [0.2, 0.25) is 0 Å². The van der Waals surface area contributed by atoms with Crippen LogP contribution in [0.2, 0.25) is 0 Å². The normalized spacial score (nSPS) is 19.8. The van der Waals surface area contributed by atoms with Gasteiger partial charge in [-0.2, -0.15) is 0 Å². The lowest BCUT2D eigenvalue weighted by Crippen LogP contribution is -2.25. The molecule has 2 rings (SSSR count). The number of fused-ring (bicyclic) bond motifs is 1. The van der Waals surface area contributed by atoms with Crippen LogP contribution in [0.5, 0.6) is 5.75 Å². The molecule has 1 unspecified atom stereocenters. The first-order chi connectivity index (χ1) is 7.18. The second kappa shape index (κ2) is 4.11. The monoisotopic (exact) mass is 206 g/mol. The highest BCUT2D eigenvalue weighted by Gasteiger charge is 2.23. The summed E-state index contributed by atoms with van der Waals surface area (Å²) in [5.74, 6) is 1.45. The van der Waals surface area contributed by atoms with Crippen LogP contribution in [0.15, 0.2) is 18.2 Å². The molecule has 1 aromatic carbocycles. The summed E-state index contributed by atoms with van der Waals surface area (Å²) < 4.78 is 5.62. The molecule has 3 nitrogen and oxygen atoms in total. The number of nitrogen functional groups attached to an aromatic ring is 1. The first-order valence-electron chi connectivity index (χ1n) is 5.34. The summed E-state index contributed by atoms with van der Waals surface area (Å²) in [4.78, 5) is 2.21. The molecule has 82 valence electrons. The fourth-order valence-electron chi connectivity index (χ4n) is 2.15. The van der Waals surface area contributed by atoms with E-state index in [4.69, 9.17) is 10.5 Å². The van der Waals surface area contributed by atoms with E-state index in [2.05, 4.69) is 25.1 Å². The third kappa shape index (κ3) is 2.07. The molecule has 0 fully saturated rings. The Morgan fingerprint density at radius 2 is 2.27 bits per heavy atom. The van der Waals surface area contributed by atoms with Crippen LogP contribution in [-0.2, 0) is 0 Å². The number of hydrogen-bond acceptors (Lipinski definition) is 3. The van der Waals surface area contributed by atoms with Gasteiger partial charge >= 0.3 is 0 Å². The van der Waals surface area contributed by atoms with E-state index in [1.807, 2.05) is 12.1 Å². The second-order valence-electron chi connectivity index (χ2n) is 4.36. The van der Waals surface area contributed by atoms with Gasteiger partial charge < -0.3 is 15.4 Å². The first-order valence-corrected chi connectivity index (χ1v) is 5.34. The summed E-state index contributed by atoms with van der Waals surface area (Å²) in [6.07, 6.45) is 1.08. The number of nitrogens with zero attached hydrogens (tertiary/aromatic N) is 1. The van der Waals surface area contributed by atoms with E-state index in [1.165, 1.54) is 5.56 Å². The Balaban J connectivity index is 2.30. The Labute approximate surface area is 90.8 Å². The van der Waals surface area contributed by atoms with E-state index in [9.17, 15) is 0 Å². The van der Waals surface area contributed by atoms with E-state index < -0.39 is 0 Å². The molecule has 0 saturated carbocycles. The van der Waals surface area contributed by atoms with Gasteiger partial charge in [0, 0.05) is 18.0 Å². The Morgan fingerprint density at radius 3 is 3.00 bits per heavy atom. The molecule has 0 spiro atoms. The van der Waals surface area contributed by atoms with Gasteiger partial charge in [0.15, 0.2) is 0 Å². The zero-order chi connectivity index (χ0) is 10.8. The first kappa shape index (κ1) is 10.3. The van der Waals surface area contributed by atoms with E-state index in [0.29, 0.717) is 5.92 Å². The number of likely N-dealkylation sites (N-methyl/N-ethyl adjacent to an activating group) is 1. The van der Waals surface area contributed by atoms with Gasteiger partial charge in [0.1, 0.15) is 5.75 Å². The Hall–Kier alpha value is -1.22. The molecule has 0 amide bonds. The summed E-state index contributed by atoms with van der Waals surface area (Å²) in [6, 6.07) is 6.03. The number of nitrogens with two attached hydrogens (primary N) is 1. The predicted molar refractivity (Wildman–Crippen MR) is 62.3 cm³/mol. The average Bonchev–Trinajstić information content (AvgIpc) is 2.19. The van der Waals surface area contributed by atoms with Crippen molar-refractivity contribution in [1.29, 1.82) is 0 Å². The molecule has 3 heteroatoms. The average molecular weight is 206 g/mol. The summed E-state index contributed by atoms with van der Waals surface area (Å²) in [5, 5.41) is 0. The summed E-state index contributed by atoms with van der Waals surface area (Å²) in [6.45, 7) is 1.83. The smallest absolute Gasteiger partial charge is 0.145 e. The van der Waals surface area contributed by atoms with Crippen molar-refractivity contribution in [3.63, 3.8) is 0 Å². The molecule has 15 heavy (non-hydrogen) atoms. The number of hydrogen-bond donors (Lipinski definition) is 1. The van der Waals surface area contributed by atoms with Gasteiger partial charge in [-0.1, -0.05) is 12.1 Å². The molecule has 1 atom stereocenters. The molecular formula is C12H18N2O. The van der Waals surface area contributed by atoms with E-state index in [-0.39, 0.29) is 0 Å². The van der Waals surface area contributed by atoms with Crippen molar-refractivity contribution in [3.05, 3.63) is 23.8 Å². The fourth-order valence-corrected chi connectivity index (χ4v) is 2.15. The summed E-state index contributed by atoms with van der Waals surface area (Å²) in [5.41, 5.74) is 7.92. The Kier molecular flexibility index (Phi) is 2.82. The minimum atomic E-state index is 0.548. The van der Waals surface area contributed by atoms with Crippen molar-refractivity contribution >= 4 is 5.69 Å². The highest BCUT2D eigenvalue weighted by Crippen LogP contribution is 2.37. The predicted octanol–water partition coefficient (Wildman–Crippen LogP) is 1.70. The van der Waals surface area contributed by atoms with Gasteiger partial charge in [-0.05, 0) is 26.6 Å². The van der Waals surface area contributed by atoms with E-state index in [1.54, 1.807) is 0 Å². The lowest BCUT2D eigenvalue weighted by atomic mass is 9.92. The zero-order valence-electron chi connectivity index (χ0n) is 9.36. The summed E-state index contributed by atoms with van der Waals surface area (Å²) >= 11 is 0. The van der Waals surface area contributed by atoms with Crippen LogP contribution < -0.4 is 10.5 Å². The minimum absolute atomic E-state index is 0.548. The van der Waals surface area contributed by atoms with Crippen molar-refractivity contribution in [2.75, 3.05) is 33.0 Å². The number of benzene rings is 1. The molecule has 1 aromatic rings. The Morgan fingerprint density at radius 1 is 1.47 bits per heavy atom. The van der Waals surface area contributed by atoms with E-state index in [0.717, 1.165) is 31.0 Å². The molecule has 1 aliphatic rings. The number of anilines is 1. The quantitative estimate of drug-likeness (QED) is 0.748. The highest BCUT2D eigenvalue weighted by molar-refractivity contribution is 5.58. The van der Waals surface area contributed by atoms with Gasteiger partial charge in [-0.15, -0.1) is 0 Å². The van der Waals surface area contributed by atoms with Crippen LogP contribution in [0.3, 0.4) is 0 Å². The van der Waals surface area contributed by atoms with Crippen LogP contribution in [0.25, 0.3) is 0 Å². The third-order valence-electron chi connectivity index (χ3n) is 2.81. The maximum Gasteiger partial charge on any atom is 0.145 e. The lowest BCUT2D eigenvalue weighted by molar-refractivity contribution is 0.246. The molecule has 0 radical (unpaired) electrons. The van der Waals surface area contributed by atoms with Crippen LogP contribution in [0, 0.1) is 0 Å². The molecule has 0 bridgehead atoms. The standard InChI is InChI=1S/C12H18N2O/c1-14(2)8-9-6-7-15-12-10(9)4-3-5-11(12)13/h3-5,9H,6-8,13H2,1-2H3. The van der Waals surface area contributed by atoms with Crippen LogP contribution >= 0.6 is 0 Å². The van der Waals surface area contributed by atoms with Crippen molar-refractivity contribution in [2.45, 2.75) is 12.3 Å². The van der Waals surface area contributed by atoms with Crippen molar-refractivity contribution in [2.24, 2.45) is 0 Å². The molecule has 0 saturated heterocycles. The van der Waals surface area contributed by atoms with Crippen molar-refractivity contribution < 1.29 is 4.74 Å². The lowest BCUT2D eigenvalue weighted by Gasteiger charge is -2.28.